The summed E-state index contributed by atoms with van der Waals surface area (Å²) < 4.78 is 0.961. The highest BCUT2D eigenvalue weighted by atomic mass is 79.9. The standard InChI is InChI=1S/C30H22BrCl2NO2/c1-30(2)14-23-26(24(35)15-30)25(16-7-12-21(32)22(33)13-16)27-28(19-5-3-4-6-20(19)29(27)36)34(23)18-10-8-17(31)9-11-18/h3-13,25H,14-15H2,1-2H3. The van der Waals surface area contributed by atoms with Crippen molar-refractivity contribution in [1.82, 2.24) is 0 Å². The molecule has 36 heavy (non-hydrogen) atoms. The molecule has 1 aliphatic heterocycles. The minimum Gasteiger partial charge on any atom is -0.313 e. The molecular weight excluding hydrogens is 557 g/mol. The van der Waals surface area contributed by atoms with Gasteiger partial charge < -0.3 is 4.90 Å². The maximum Gasteiger partial charge on any atom is 0.192 e. The fraction of sp³-hybridized carbons (Fsp3) is 0.200. The van der Waals surface area contributed by atoms with E-state index in [-0.39, 0.29) is 17.0 Å². The highest BCUT2D eigenvalue weighted by Crippen LogP contribution is 2.56. The van der Waals surface area contributed by atoms with Gasteiger partial charge in [-0.1, -0.05) is 83.3 Å². The van der Waals surface area contributed by atoms with E-state index in [9.17, 15) is 9.59 Å². The third kappa shape index (κ3) is 3.61. The number of allylic oxidation sites excluding steroid dienone is 3. The van der Waals surface area contributed by atoms with Gasteiger partial charge >= 0.3 is 0 Å². The topological polar surface area (TPSA) is 37.4 Å². The van der Waals surface area contributed by atoms with Crippen molar-refractivity contribution in [3.8, 4) is 0 Å². The van der Waals surface area contributed by atoms with Gasteiger partial charge in [0.2, 0.25) is 0 Å². The first-order valence-electron chi connectivity index (χ1n) is 11.8. The van der Waals surface area contributed by atoms with E-state index in [0.717, 1.165) is 32.7 Å². The van der Waals surface area contributed by atoms with Crippen LogP contribution in [-0.4, -0.2) is 11.6 Å². The van der Waals surface area contributed by atoms with Crippen LogP contribution >= 0.6 is 39.1 Å². The number of hydrogen-bond donors (Lipinski definition) is 0. The van der Waals surface area contributed by atoms with Crippen LogP contribution in [0, 0.1) is 5.41 Å². The molecule has 0 fully saturated rings. The summed E-state index contributed by atoms with van der Waals surface area (Å²) in [6.45, 7) is 4.25. The molecule has 6 heteroatoms. The molecule has 2 aliphatic carbocycles. The van der Waals surface area contributed by atoms with Gasteiger partial charge in [0, 0.05) is 50.5 Å². The normalized spacial score (nSPS) is 20.5. The molecule has 0 amide bonds. The molecule has 0 aromatic heterocycles. The first-order valence-corrected chi connectivity index (χ1v) is 13.4. The number of rotatable bonds is 2. The molecule has 6 rings (SSSR count). The second-order valence-electron chi connectivity index (χ2n) is 10.4. The van der Waals surface area contributed by atoms with Gasteiger partial charge in [-0.15, -0.1) is 0 Å². The van der Waals surface area contributed by atoms with Gasteiger partial charge in [0.05, 0.1) is 15.7 Å². The summed E-state index contributed by atoms with van der Waals surface area (Å²) in [6.07, 6.45) is 1.12. The Morgan fingerprint density at radius 3 is 2.25 bits per heavy atom. The van der Waals surface area contributed by atoms with Crippen LogP contribution in [0.4, 0.5) is 5.69 Å². The zero-order valence-corrected chi connectivity index (χ0v) is 22.8. The summed E-state index contributed by atoms with van der Waals surface area (Å²) in [4.78, 5) is 30.1. The second-order valence-corrected chi connectivity index (χ2v) is 12.1. The van der Waals surface area contributed by atoms with Gasteiger partial charge in [-0.3, -0.25) is 9.59 Å². The van der Waals surface area contributed by atoms with E-state index in [1.807, 2.05) is 54.6 Å². The van der Waals surface area contributed by atoms with Crippen molar-refractivity contribution in [2.24, 2.45) is 5.41 Å². The van der Waals surface area contributed by atoms with Crippen LogP contribution in [0.15, 0.2) is 88.0 Å². The molecule has 3 nitrogen and oxygen atoms in total. The van der Waals surface area contributed by atoms with Crippen LogP contribution in [0.25, 0.3) is 5.70 Å². The number of fused-ring (bicyclic) bond motifs is 2. The average Bonchev–Trinajstić information content (AvgIpc) is 3.12. The predicted octanol–water partition coefficient (Wildman–Crippen LogP) is 8.61. The van der Waals surface area contributed by atoms with Crippen LogP contribution < -0.4 is 4.90 Å². The lowest BCUT2D eigenvalue weighted by Gasteiger charge is -2.44. The van der Waals surface area contributed by atoms with Crippen molar-refractivity contribution in [2.75, 3.05) is 4.90 Å². The number of nitrogens with zero attached hydrogens (tertiary/aromatic N) is 1. The molecule has 0 saturated heterocycles. The average molecular weight is 579 g/mol. The molecule has 0 radical (unpaired) electrons. The summed E-state index contributed by atoms with van der Waals surface area (Å²) in [6, 6.07) is 21.1. The highest BCUT2D eigenvalue weighted by Gasteiger charge is 2.49. The fourth-order valence-electron chi connectivity index (χ4n) is 5.80. The Bertz CT molecular complexity index is 1530. The number of carbonyl (C=O) groups is 2. The van der Waals surface area contributed by atoms with Gasteiger partial charge in [-0.2, -0.15) is 0 Å². The lowest BCUT2D eigenvalue weighted by Crippen LogP contribution is -2.39. The van der Waals surface area contributed by atoms with Crippen LogP contribution in [-0.2, 0) is 4.79 Å². The summed E-state index contributed by atoms with van der Waals surface area (Å²) in [5, 5.41) is 0.841. The summed E-state index contributed by atoms with van der Waals surface area (Å²) in [5.74, 6) is -0.502. The van der Waals surface area contributed by atoms with Crippen LogP contribution in [0.3, 0.4) is 0 Å². The number of halogens is 3. The monoisotopic (exact) mass is 577 g/mol. The Kier molecular flexibility index (Phi) is 5.56. The fourth-order valence-corrected chi connectivity index (χ4v) is 6.37. The van der Waals surface area contributed by atoms with Gasteiger partial charge in [0.1, 0.15) is 0 Å². The number of ketones is 2. The summed E-state index contributed by atoms with van der Waals surface area (Å²) >= 11 is 16.2. The summed E-state index contributed by atoms with van der Waals surface area (Å²) in [5.41, 5.74) is 6.12. The van der Waals surface area contributed by atoms with Crippen molar-refractivity contribution in [2.45, 2.75) is 32.6 Å². The molecule has 0 spiro atoms. The third-order valence-corrected chi connectivity index (χ3v) is 8.52. The molecule has 1 unspecified atom stereocenters. The minimum atomic E-state index is -0.514. The molecule has 3 aromatic rings. The molecule has 3 aliphatic rings. The molecule has 3 aromatic carbocycles. The van der Waals surface area contributed by atoms with Gasteiger partial charge in [0.15, 0.2) is 11.6 Å². The van der Waals surface area contributed by atoms with E-state index in [0.29, 0.717) is 39.6 Å². The molecule has 1 heterocycles. The first kappa shape index (κ1) is 23.7. The third-order valence-electron chi connectivity index (χ3n) is 7.26. The lowest BCUT2D eigenvalue weighted by atomic mass is 9.68. The number of Topliss-reactive ketones (excluding diaryl/α,β-unsaturated/α-hetero) is 2. The number of carbonyl (C=O) groups excluding carboxylic acids is 2. The lowest BCUT2D eigenvalue weighted by molar-refractivity contribution is -0.118. The quantitative estimate of drug-likeness (QED) is 0.305. The van der Waals surface area contributed by atoms with E-state index < -0.39 is 5.92 Å². The Balaban J connectivity index is 1.70. The van der Waals surface area contributed by atoms with E-state index in [1.54, 1.807) is 12.1 Å². The SMILES string of the molecule is CC1(C)CC(=O)C2=C(C1)N(c1ccc(Br)cc1)C1=C(C(=O)c3ccccc31)C2c1ccc(Cl)c(Cl)c1. The zero-order valence-electron chi connectivity index (χ0n) is 19.7. The maximum absolute atomic E-state index is 14.0. The van der Waals surface area contributed by atoms with Gasteiger partial charge in [-0.25, -0.2) is 0 Å². The molecular formula is C30H22BrCl2NO2. The van der Waals surface area contributed by atoms with Gasteiger partial charge in [-0.05, 0) is 53.8 Å². The van der Waals surface area contributed by atoms with Crippen molar-refractivity contribution >= 4 is 62.1 Å². The van der Waals surface area contributed by atoms with Crippen molar-refractivity contribution in [3.63, 3.8) is 0 Å². The van der Waals surface area contributed by atoms with Crippen LogP contribution in [0.1, 0.15) is 54.1 Å². The van der Waals surface area contributed by atoms with E-state index in [4.69, 9.17) is 23.2 Å². The molecule has 1 atom stereocenters. The number of benzene rings is 3. The van der Waals surface area contributed by atoms with Gasteiger partial charge in [0.25, 0.3) is 0 Å². The van der Waals surface area contributed by atoms with E-state index >= 15 is 0 Å². The van der Waals surface area contributed by atoms with Crippen LogP contribution in [0.2, 0.25) is 10.0 Å². The van der Waals surface area contributed by atoms with E-state index in [1.165, 1.54) is 0 Å². The maximum atomic E-state index is 14.0. The molecule has 0 bridgehead atoms. The van der Waals surface area contributed by atoms with E-state index in [2.05, 4.69) is 34.7 Å². The zero-order chi connectivity index (χ0) is 25.4. The smallest absolute Gasteiger partial charge is 0.192 e. The molecule has 0 saturated carbocycles. The largest absolute Gasteiger partial charge is 0.313 e. The minimum absolute atomic E-state index is 0.0528. The Labute approximate surface area is 228 Å². The molecule has 0 N–H and O–H groups in total. The Hall–Kier alpha value is -2.66. The second kappa shape index (κ2) is 8.44. The Morgan fingerprint density at radius 2 is 1.56 bits per heavy atom. The van der Waals surface area contributed by atoms with Crippen molar-refractivity contribution in [3.05, 3.63) is 115 Å². The Morgan fingerprint density at radius 1 is 0.861 bits per heavy atom. The molecule has 180 valence electrons. The number of anilines is 1. The predicted molar refractivity (Wildman–Crippen MR) is 149 cm³/mol. The summed E-state index contributed by atoms with van der Waals surface area (Å²) in [7, 11) is 0. The van der Waals surface area contributed by atoms with Crippen LogP contribution in [0.5, 0.6) is 0 Å². The number of hydrogen-bond acceptors (Lipinski definition) is 3. The highest BCUT2D eigenvalue weighted by molar-refractivity contribution is 9.10. The van der Waals surface area contributed by atoms with Crippen molar-refractivity contribution in [1.29, 1.82) is 0 Å². The first-order chi connectivity index (χ1) is 17.2. The van der Waals surface area contributed by atoms with Crippen molar-refractivity contribution < 1.29 is 9.59 Å².